The Balaban J connectivity index is 1.36. The number of aliphatic hydroxyl groups is 1. The number of hydrogen-bond donors (Lipinski definition) is 1. The number of likely N-dealkylation sites (tertiary alicyclic amines) is 1. The highest BCUT2D eigenvalue weighted by atomic mass is 16.3. The van der Waals surface area contributed by atoms with E-state index in [4.69, 9.17) is 0 Å². The molecular formula is C26H34N2O2. The fraction of sp³-hybridized carbons (Fsp3) is 0.500. The van der Waals surface area contributed by atoms with Crippen molar-refractivity contribution in [1.82, 2.24) is 9.80 Å². The molecule has 0 radical (unpaired) electrons. The van der Waals surface area contributed by atoms with Crippen LogP contribution in [0.5, 0.6) is 0 Å². The minimum absolute atomic E-state index is 0.144. The highest BCUT2D eigenvalue weighted by molar-refractivity contribution is 5.86. The van der Waals surface area contributed by atoms with Crippen molar-refractivity contribution in [3.05, 3.63) is 71.8 Å². The van der Waals surface area contributed by atoms with E-state index >= 15 is 0 Å². The molecule has 1 aliphatic carbocycles. The van der Waals surface area contributed by atoms with Crippen molar-refractivity contribution in [1.29, 1.82) is 0 Å². The molecule has 1 saturated carbocycles. The Morgan fingerprint density at radius 1 is 1.10 bits per heavy atom. The molecule has 1 aliphatic heterocycles. The fourth-order valence-corrected chi connectivity index (χ4v) is 5.27. The van der Waals surface area contributed by atoms with Crippen LogP contribution in [-0.2, 0) is 16.9 Å². The van der Waals surface area contributed by atoms with Gasteiger partial charge in [-0.3, -0.25) is 9.69 Å². The number of hydrogen-bond acceptors (Lipinski definition) is 3. The number of carbonyl (C=O) groups is 1. The van der Waals surface area contributed by atoms with Gasteiger partial charge in [0.2, 0.25) is 0 Å². The summed E-state index contributed by atoms with van der Waals surface area (Å²) >= 11 is 0. The molecule has 2 aromatic carbocycles. The van der Waals surface area contributed by atoms with Crippen molar-refractivity contribution in [2.75, 3.05) is 26.7 Å². The minimum atomic E-state index is -1.46. The Labute approximate surface area is 180 Å². The van der Waals surface area contributed by atoms with Crippen molar-refractivity contribution in [2.24, 2.45) is 23.7 Å². The molecule has 4 atom stereocenters. The van der Waals surface area contributed by atoms with E-state index in [0.29, 0.717) is 23.3 Å². The van der Waals surface area contributed by atoms with Crippen LogP contribution in [0, 0.1) is 23.7 Å². The van der Waals surface area contributed by atoms with Gasteiger partial charge in [0.25, 0.3) is 5.91 Å². The summed E-state index contributed by atoms with van der Waals surface area (Å²) in [4.78, 5) is 17.7. The van der Waals surface area contributed by atoms with Gasteiger partial charge in [0.05, 0.1) is 0 Å². The van der Waals surface area contributed by atoms with E-state index in [1.807, 2.05) is 51.2 Å². The number of carbonyl (C=O) groups excluding carboxylic acids is 1. The molecule has 1 N–H and O–H groups in total. The van der Waals surface area contributed by atoms with Crippen LogP contribution in [0.4, 0.5) is 0 Å². The SMILES string of the molecule is CCC(C)C(O)(C(=O)N(C)CC1C2CN(Cc3ccccc3)CC21)c1ccccc1. The van der Waals surface area contributed by atoms with E-state index in [0.717, 1.165) is 32.6 Å². The fourth-order valence-electron chi connectivity index (χ4n) is 5.27. The summed E-state index contributed by atoms with van der Waals surface area (Å²) in [5.41, 5.74) is 0.596. The van der Waals surface area contributed by atoms with Crippen molar-refractivity contribution in [3.8, 4) is 0 Å². The smallest absolute Gasteiger partial charge is 0.259 e. The predicted molar refractivity (Wildman–Crippen MR) is 120 cm³/mol. The van der Waals surface area contributed by atoms with E-state index < -0.39 is 5.60 Å². The molecule has 1 heterocycles. The molecule has 1 saturated heterocycles. The number of fused-ring (bicyclic) bond motifs is 1. The van der Waals surface area contributed by atoms with E-state index in [1.54, 1.807) is 4.90 Å². The zero-order valence-electron chi connectivity index (χ0n) is 18.4. The predicted octanol–water partition coefficient (Wildman–Crippen LogP) is 3.76. The largest absolute Gasteiger partial charge is 0.375 e. The number of piperidine rings is 1. The van der Waals surface area contributed by atoms with Crippen LogP contribution in [-0.4, -0.2) is 47.5 Å². The molecule has 4 unspecified atom stereocenters. The Hall–Kier alpha value is -2.17. The van der Waals surface area contributed by atoms with Crippen LogP contribution in [0.25, 0.3) is 0 Å². The third-order valence-corrected chi connectivity index (χ3v) is 7.39. The lowest BCUT2D eigenvalue weighted by atomic mass is 9.79. The quantitative estimate of drug-likeness (QED) is 0.726. The molecule has 160 valence electrons. The molecule has 30 heavy (non-hydrogen) atoms. The van der Waals surface area contributed by atoms with Crippen LogP contribution in [0.1, 0.15) is 31.4 Å². The lowest BCUT2D eigenvalue weighted by Crippen LogP contribution is -2.50. The van der Waals surface area contributed by atoms with Crippen molar-refractivity contribution < 1.29 is 9.90 Å². The average molecular weight is 407 g/mol. The van der Waals surface area contributed by atoms with Gasteiger partial charge in [-0.15, -0.1) is 0 Å². The second kappa shape index (κ2) is 8.52. The summed E-state index contributed by atoms with van der Waals surface area (Å²) in [5.74, 6) is 1.60. The maximum atomic E-state index is 13.4. The summed E-state index contributed by atoms with van der Waals surface area (Å²) in [5, 5.41) is 11.5. The molecule has 2 aliphatic rings. The van der Waals surface area contributed by atoms with E-state index in [1.165, 1.54) is 5.56 Å². The monoisotopic (exact) mass is 406 g/mol. The highest BCUT2D eigenvalue weighted by Gasteiger charge is 2.56. The topological polar surface area (TPSA) is 43.8 Å². The first-order valence-corrected chi connectivity index (χ1v) is 11.2. The van der Waals surface area contributed by atoms with Crippen molar-refractivity contribution in [3.63, 3.8) is 0 Å². The second-order valence-corrected chi connectivity index (χ2v) is 9.30. The Bertz CT molecular complexity index is 844. The molecule has 4 nitrogen and oxygen atoms in total. The number of nitrogens with zero attached hydrogens (tertiary/aromatic N) is 2. The van der Waals surface area contributed by atoms with Crippen molar-refractivity contribution in [2.45, 2.75) is 32.4 Å². The van der Waals surface area contributed by atoms with Gasteiger partial charge in [-0.05, 0) is 41.2 Å². The Morgan fingerprint density at radius 3 is 2.23 bits per heavy atom. The van der Waals surface area contributed by atoms with Gasteiger partial charge in [0.15, 0.2) is 5.60 Å². The molecule has 2 fully saturated rings. The Morgan fingerprint density at radius 2 is 1.67 bits per heavy atom. The summed E-state index contributed by atoms with van der Waals surface area (Å²) < 4.78 is 0. The van der Waals surface area contributed by atoms with Gasteiger partial charge in [0.1, 0.15) is 0 Å². The number of likely N-dealkylation sites (N-methyl/N-ethyl adjacent to an activating group) is 1. The first-order valence-electron chi connectivity index (χ1n) is 11.2. The zero-order chi connectivity index (χ0) is 21.3. The normalized spacial score (nSPS) is 25.9. The first kappa shape index (κ1) is 21.1. The van der Waals surface area contributed by atoms with Gasteiger partial charge >= 0.3 is 0 Å². The number of rotatable bonds is 8. The Kier molecular flexibility index (Phi) is 5.99. The molecule has 0 spiro atoms. The van der Waals surface area contributed by atoms with E-state index in [-0.39, 0.29) is 11.8 Å². The molecule has 4 rings (SSSR count). The van der Waals surface area contributed by atoms with E-state index in [2.05, 4.69) is 35.2 Å². The van der Waals surface area contributed by atoms with Gasteiger partial charge in [-0.2, -0.15) is 0 Å². The van der Waals surface area contributed by atoms with Crippen LogP contribution in [0.15, 0.2) is 60.7 Å². The van der Waals surface area contributed by atoms with Gasteiger partial charge in [-0.1, -0.05) is 74.5 Å². The minimum Gasteiger partial charge on any atom is -0.375 e. The molecule has 4 heteroatoms. The van der Waals surface area contributed by atoms with Gasteiger partial charge in [0, 0.05) is 33.2 Å². The average Bonchev–Trinajstić information content (AvgIpc) is 3.21. The van der Waals surface area contributed by atoms with Crippen LogP contribution < -0.4 is 0 Å². The third-order valence-electron chi connectivity index (χ3n) is 7.39. The van der Waals surface area contributed by atoms with Gasteiger partial charge < -0.3 is 10.0 Å². The number of amides is 1. The zero-order valence-corrected chi connectivity index (χ0v) is 18.4. The summed E-state index contributed by atoms with van der Waals surface area (Å²) in [6, 6.07) is 20.1. The molecule has 1 amide bonds. The molecule has 2 aromatic rings. The lowest BCUT2D eigenvalue weighted by Gasteiger charge is -2.36. The lowest BCUT2D eigenvalue weighted by molar-refractivity contribution is -0.157. The van der Waals surface area contributed by atoms with E-state index in [9.17, 15) is 9.90 Å². The highest BCUT2D eigenvalue weighted by Crippen LogP contribution is 2.52. The van der Waals surface area contributed by atoms with Gasteiger partial charge in [-0.25, -0.2) is 0 Å². The van der Waals surface area contributed by atoms with Crippen LogP contribution in [0.3, 0.4) is 0 Å². The summed E-state index contributed by atoms with van der Waals surface area (Å²) in [7, 11) is 1.86. The second-order valence-electron chi connectivity index (χ2n) is 9.30. The van der Waals surface area contributed by atoms with Crippen LogP contribution in [0.2, 0.25) is 0 Å². The maximum absolute atomic E-state index is 13.4. The summed E-state index contributed by atoms with van der Waals surface area (Å²) in [6.07, 6.45) is 0.744. The maximum Gasteiger partial charge on any atom is 0.259 e. The van der Waals surface area contributed by atoms with Crippen molar-refractivity contribution >= 4 is 5.91 Å². The number of benzene rings is 2. The first-order chi connectivity index (χ1) is 14.4. The molecule has 0 aromatic heterocycles. The molecular weight excluding hydrogens is 372 g/mol. The molecule has 0 bridgehead atoms. The summed E-state index contributed by atoms with van der Waals surface area (Å²) in [6.45, 7) is 7.96. The third kappa shape index (κ3) is 3.91. The van der Waals surface area contributed by atoms with Crippen LogP contribution >= 0.6 is 0 Å². The standard InChI is InChI=1S/C26H34N2O2/c1-4-19(2)26(30,21-13-9-6-10-14-21)25(29)27(3)16-22-23-17-28(18-24(22)23)15-20-11-7-5-8-12-20/h5-14,19,22-24,30H,4,15-18H2,1-3H3.